The molecule has 4 heteroatoms. The van der Waals surface area contributed by atoms with Gasteiger partial charge in [0, 0.05) is 13.2 Å². The van der Waals surface area contributed by atoms with Crippen molar-refractivity contribution >= 4 is 23.2 Å². The van der Waals surface area contributed by atoms with Gasteiger partial charge in [0.2, 0.25) is 0 Å². The molecule has 0 aliphatic rings. The third kappa shape index (κ3) is 7.86. The highest BCUT2D eigenvalue weighted by molar-refractivity contribution is 6.28. The maximum Gasteiger partial charge on any atom is 0.170 e. The second kappa shape index (κ2) is 10.0. The zero-order valence-electron chi connectivity index (χ0n) is 8.97. The number of ether oxygens (including phenoxy) is 2. The molecule has 0 saturated carbocycles. The fraction of sp³-hybridized carbons (Fsp3) is 1.00. The van der Waals surface area contributed by atoms with Gasteiger partial charge in [-0.05, 0) is 12.8 Å². The normalized spacial score (nSPS) is 15.4. The standard InChI is InChI=1S/C10H20Cl2O2/c1-3-5-7-13-9(11)10(12)14-8-6-4-2/h9-10H,3-8H2,1-2H3. The quantitative estimate of drug-likeness (QED) is 0.453. The van der Waals surface area contributed by atoms with Crippen molar-refractivity contribution in [1.29, 1.82) is 0 Å². The molecule has 0 radical (unpaired) electrons. The molecule has 0 rings (SSSR count). The molecule has 0 amide bonds. The van der Waals surface area contributed by atoms with Crippen molar-refractivity contribution in [3.8, 4) is 0 Å². The zero-order chi connectivity index (χ0) is 10.8. The minimum atomic E-state index is -0.542. The second-order valence-corrected chi connectivity index (χ2v) is 4.01. The van der Waals surface area contributed by atoms with Crippen LogP contribution in [0.3, 0.4) is 0 Å². The van der Waals surface area contributed by atoms with E-state index in [2.05, 4.69) is 13.8 Å². The number of halogens is 2. The summed E-state index contributed by atoms with van der Waals surface area (Å²) in [6.07, 6.45) is 4.18. The molecule has 0 N–H and O–H groups in total. The summed E-state index contributed by atoms with van der Waals surface area (Å²) < 4.78 is 10.6. The Labute approximate surface area is 96.9 Å². The van der Waals surface area contributed by atoms with Crippen molar-refractivity contribution in [3.05, 3.63) is 0 Å². The Bertz CT molecular complexity index is 109. The van der Waals surface area contributed by atoms with Crippen LogP contribution in [0.15, 0.2) is 0 Å². The van der Waals surface area contributed by atoms with Gasteiger partial charge < -0.3 is 9.47 Å². The summed E-state index contributed by atoms with van der Waals surface area (Å²) in [5.41, 5.74) is -1.08. The van der Waals surface area contributed by atoms with Crippen LogP contribution in [0.25, 0.3) is 0 Å². The molecule has 0 aromatic rings. The van der Waals surface area contributed by atoms with Crippen molar-refractivity contribution in [2.24, 2.45) is 0 Å². The average molecular weight is 243 g/mol. The van der Waals surface area contributed by atoms with Crippen LogP contribution in [0.2, 0.25) is 0 Å². The number of hydrogen-bond acceptors (Lipinski definition) is 2. The molecule has 2 nitrogen and oxygen atoms in total. The lowest BCUT2D eigenvalue weighted by atomic mass is 10.4. The Balaban J connectivity index is 3.39. The summed E-state index contributed by atoms with van der Waals surface area (Å²) in [6.45, 7) is 5.49. The summed E-state index contributed by atoms with van der Waals surface area (Å²) in [5, 5.41) is 0. The van der Waals surface area contributed by atoms with E-state index < -0.39 is 11.1 Å². The zero-order valence-corrected chi connectivity index (χ0v) is 10.5. The Kier molecular flexibility index (Phi) is 10.4. The van der Waals surface area contributed by atoms with Gasteiger partial charge in [0.1, 0.15) is 0 Å². The van der Waals surface area contributed by atoms with Gasteiger partial charge in [-0.2, -0.15) is 0 Å². The maximum absolute atomic E-state index is 5.87. The molecule has 0 aliphatic heterocycles. The first-order valence-corrected chi connectivity index (χ1v) is 6.11. The van der Waals surface area contributed by atoms with Gasteiger partial charge in [-0.25, -0.2) is 0 Å². The lowest BCUT2D eigenvalue weighted by Gasteiger charge is -2.17. The summed E-state index contributed by atoms with van der Waals surface area (Å²) in [4.78, 5) is 0. The topological polar surface area (TPSA) is 18.5 Å². The van der Waals surface area contributed by atoms with Gasteiger partial charge in [-0.15, -0.1) is 0 Å². The van der Waals surface area contributed by atoms with E-state index in [0.717, 1.165) is 25.7 Å². The van der Waals surface area contributed by atoms with Crippen molar-refractivity contribution in [2.75, 3.05) is 13.2 Å². The van der Waals surface area contributed by atoms with Crippen LogP contribution < -0.4 is 0 Å². The Hall–Kier alpha value is 0.500. The van der Waals surface area contributed by atoms with Crippen LogP contribution in [0, 0.1) is 0 Å². The lowest BCUT2D eigenvalue weighted by molar-refractivity contribution is 0.00167. The molecule has 2 atom stereocenters. The minimum absolute atomic E-state index is 0.542. The van der Waals surface area contributed by atoms with E-state index in [-0.39, 0.29) is 0 Å². The fourth-order valence-corrected chi connectivity index (χ4v) is 1.16. The highest BCUT2D eigenvalue weighted by Gasteiger charge is 2.16. The fourth-order valence-electron chi connectivity index (χ4n) is 0.832. The Morgan fingerprint density at radius 2 is 1.21 bits per heavy atom. The molecule has 14 heavy (non-hydrogen) atoms. The number of rotatable bonds is 9. The molecule has 0 aliphatic carbocycles. The first-order chi connectivity index (χ1) is 6.72. The third-order valence-corrected chi connectivity index (χ3v) is 2.59. The molecule has 0 bridgehead atoms. The van der Waals surface area contributed by atoms with Gasteiger partial charge in [0.05, 0.1) is 0 Å². The predicted molar refractivity (Wildman–Crippen MR) is 61.0 cm³/mol. The average Bonchev–Trinajstić information content (AvgIpc) is 2.18. The number of hydrogen-bond donors (Lipinski definition) is 0. The molecular formula is C10H20Cl2O2. The summed E-state index contributed by atoms with van der Waals surface area (Å²) in [5.74, 6) is 0. The van der Waals surface area contributed by atoms with Crippen molar-refractivity contribution in [2.45, 2.75) is 50.7 Å². The van der Waals surface area contributed by atoms with Crippen LogP contribution in [0.5, 0.6) is 0 Å². The first kappa shape index (κ1) is 14.5. The van der Waals surface area contributed by atoms with Gasteiger partial charge in [0.25, 0.3) is 0 Å². The summed E-state index contributed by atoms with van der Waals surface area (Å²) in [6, 6.07) is 0. The molecule has 0 aromatic heterocycles. The molecule has 2 unspecified atom stereocenters. The molecule has 0 heterocycles. The van der Waals surface area contributed by atoms with Gasteiger partial charge >= 0.3 is 0 Å². The first-order valence-electron chi connectivity index (χ1n) is 5.23. The smallest absolute Gasteiger partial charge is 0.170 e. The maximum atomic E-state index is 5.87. The van der Waals surface area contributed by atoms with Crippen LogP contribution >= 0.6 is 23.2 Å². The second-order valence-electron chi connectivity index (χ2n) is 3.15. The molecule has 86 valence electrons. The van der Waals surface area contributed by atoms with Gasteiger partial charge in [-0.3, -0.25) is 0 Å². The Morgan fingerprint density at radius 3 is 1.50 bits per heavy atom. The van der Waals surface area contributed by atoms with Crippen LogP contribution in [0.1, 0.15) is 39.5 Å². The van der Waals surface area contributed by atoms with Crippen LogP contribution in [-0.2, 0) is 9.47 Å². The molecule has 0 spiro atoms. The predicted octanol–water partition coefficient (Wildman–Crippen LogP) is 3.75. The van der Waals surface area contributed by atoms with Crippen LogP contribution in [0.4, 0.5) is 0 Å². The molecule has 0 saturated heterocycles. The molecular weight excluding hydrogens is 223 g/mol. The Morgan fingerprint density at radius 1 is 0.857 bits per heavy atom. The van der Waals surface area contributed by atoms with E-state index in [1.165, 1.54) is 0 Å². The van der Waals surface area contributed by atoms with Crippen molar-refractivity contribution in [1.82, 2.24) is 0 Å². The summed E-state index contributed by atoms with van der Waals surface area (Å²) in [7, 11) is 0. The largest absolute Gasteiger partial charge is 0.358 e. The van der Waals surface area contributed by atoms with E-state index in [1.54, 1.807) is 0 Å². The van der Waals surface area contributed by atoms with E-state index >= 15 is 0 Å². The third-order valence-electron chi connectivity index (χ3n) is 1.76. The van der Waals surface area contributed by atoms with Crippen LogP contribution in [-0.4, -0.2) is 24.3 Å². The number of unbranched alkanes of at least 4 members (excludes halogenated alkanes) is 2. The van der Waals surface area contributed by atoms with E-state index in [4.69, 9.17) is 32.7 Å². The van der Waals surface area contributed by atoms with Crippen molar-refractivity contribution < 1.29 is 9.47 Å². The van der Waals surface area contributed by atoms with E-state index in [1.807, 2.05) is 0 Å². The molecule has 0 fully saturated rings. The molecule has 0 aromatic carbocycles. The highest BCUT2D eigenvalue weighted by atomic mass is 35.5. The SMILES string of the molecule is CCCCOC(Cl)C(Cl)OCCCC. The van der Waals surface area contributed by atoms with E-state index in [0.29, 0.717) is 13.2 Å². The van der Waals surface area contributed by atoms with Gasteiger partial charge in [-0.1, -0.05) is 49.9 Å². The summed E-state index contributed by atoms with van der Waals surface area (Å²) >= 11 is 11.7. The lowest BCUT2D eigenvalue weighted by Crippen LogP contribution is -2.22. The number of alkyl halides is 2. The monoisotopic (exact) mass is 242 g/mol. The van der Waals surface area contributed by atoms with Crippen molar-refractivity contribution in [3.63, 3.8) is 0 Å². The van der Waals surface area contributed by atoms with E-state index in [9.17, 15) is 0 Å². The highest BCUT2D eigenvalue weighted by Crippen LogP contribution is 2.14. The van der Waals surface area contributed by atoms with Gasteiger partial charge in [0.15, 0.2) is 11.1 Å². The minimum Gasteiger partial charge on any atom is -0.358 e.